The molecule has 0 aliphatic heterocycles. The van der Waals surface area contributed by atoms with E-state index in [1.807, 2.05) is 0 Å². The average molecular weight is 379 g/mol. The van der Waals surface area contributed by atoms with E-state index in [1.54, 1.807) is 38.1 Å². The van der Waals surface area contributed by atoms with Crippen molar-refractivity contribution in [2.45, 2.75) is 20.0 Å². The van der Waals surface area contributed by atoms with E-state index in [4.69, 9.17) is 24.7 Å². The summed E-state index contributed by atoms with van der Waals surface area (Å²) in [5.74, 6) is 0.226. The Morgan fingerprint density at radius 2 is 2.00 bits per heavy atom. The molecule has 0 saturated carbocycles. The molecular formula is C16H15BrN2O4. The number of nitriles is 2. The molecule has 0 fully saturated rings. The normalized spacial score (nSPS) is 10.7. The minimum Gasteiger partial charge on any atom is -0.493 e. The summed E-state index contributed by atoms with van der Waals surface area (Å²) in [5.41, 5.74) is 0.539. The summed E-state index contributed by atoms with van der Waals surface area (Å²) in [6.45, 7) is 3.55. The summed E-state index contributed by atoms with van der Waals surface area (Å²) < 4.78 is 16.3. The third-order valence-corrected chi connectivity index (χ3v) is 3.43. The van der Waals surface area contributed by atoms with E-state index >= 15 is 0 Å². The second kappa shape index (κ2) is 8.82. The topological polar surface area (TPSA) is 92.3 Å². The summed E-state index contributed by atoms with van der Waals surface area (Å²) in [6, 6.07) is 6.78. The van der Waals surface area contributed by atoms with E-state index in [1.165, 1.54) is 13.2 Å². The molecule has 6 nitrogen and oxygen atoms in total. The number of methoxy groups -OCH3 is 1. The number of hydrogen-bond acceptors (Lipinski definition) is 6. The Labute approximate surface area is 143 Å². The zero-order valence-electron chi connectivity index (χ0n) is 12.9. The molecule has 1 unspecified atom stereocenters. The largest absolute Gasteiger partial charge is 0.493 e. The van der Waals surface area contributed by atoms with E-state index in [2.05, 4.69) is 15.9 Å². The summed E-state index contributed by atoms with van der Waals surface area (Å²) >= 11 is 3.34. The summed E-state index contributed by atoms with van der Waals surface area (Å²) in [7, 11) is 1.45. The maximum atomic E-state index is 11.6. The number of rotatable bonds is 6. The molecule has 23 heavy (non-hydrogen) atoms. The number of benzene rings is 1. The van der Waals surface area contributed by atoms with Crippen LogP contribution in [0.1, 0.15) is 19.4 Å². The van der Waals surface area contributed by atoms with Crippen molar-refractivity contribution in [2.75, 3.05) is 13.7 Å². The lowest BCUT2D eigenvalue weighted by Crippen LogP contribution is -2.26. The lowest BCUT2D eigenvalue weighted by Gasteiger charge is -2.17. The van der Waals surface area contributed by atoms with Crippen LogP contribution >= 0.6 is 15.9 Å². The highest BCUT2D eigenvalue weighted by molar-refractivity contribution is 9.10. The Hall–Kier alpha value is -2.51. The second-order valence-corrected chi connectivity index (χ2v) is 5.17. The SMILES string of the molecule is CCOC(=O)C(C)Oc1cc(Br)c(C=C(C#N)C#N)cc1OC. The number of hydrogen-bond donors (Lipinski definition) is 0. The van der Waals surface area contributed by atoms with Gasteiger partial charge in [0.25, 0.3) is 0 Å². The molecule has 0 saturated heterocycles. The first-order valence-corrected chi connectivity index (χ1v) is 7.48. The predicted molar refractivity (Wildman–Crippen MR) is 86.6 cm³/mol. The Morgan fingerprint density at radius 3 is 2.52 bits per heavy atom. The number of halogens is 1. The molecule has 0 aliphatic carbocycles. The van der Waals surface area contributed by atoms with Gasteiger partial charge in [-0.1, -0.05) is 15.9 Å². The molecule has 0 amide bonds. The van der Waals surface area contributed by atoms with Gasteiger partial charge < -0.3 is 14.2 Å². The fourth-order valence-corrected chi connectivity index (χ4v) is 2.09. The van der Waals surface area contributed by atoms with E-state index in [0.717, 1.165) is 0 Å². The van der Waals surface area contributed by atoms with Gasteiger partial charge in [0, 0.05) is 4.47 Å². The quantitative estimate of drug-likeness (QED) is 0.557. The Balaban J connectivity index is 3.16. The first-order valence-electron chi connectivity index (χ1n) is 6.69. The lowest BCUT2D eigenvalue weighted by molar-refractivity contribution is -0.150. The molecule has 1 aromatic rings. The molecule has 0 N–H and O–H groups in total. The Kier molecular flexibility index (Phi) is 7.11. The number of carbonyl (C=O) groups excluding carboxylic acids is 1. The van der Waals surface area contributed by atoms with Crippen molar-refractivity contribution in [1.82, 2.24) is 0 Å². The smallest absolute Gasteiger partial charge is 0.347 e. The number of ether oxygens (including phenoxy) is 3. The van der Waals surface area contributed by atoms with E-state index in [9.17, 15) is 4.79 Å². The molecule has 0 radical (unpaired) electrons. The first kappa shape index (κ1) is 18.5. The van der Waals surface area contributed by atoms with Gasteiger partial charge in [-0.3, -0.25) is 0 Å². The van der Waals surface area contributed by atoms with Gasteiger partial charge in [-0.2, -0.15) is 10.5 Å². The van der Waals surface area contributed by atoms with Gasteiger partial charge >= 0.3 is 5.97 Å². The predicted octanol–water partition coefficient (Wildman–Crippen LogP) is 3.22. The van der Waals surface area contributed by atoms with Crippen LogP contribution in [0.4, 0.5) is 0 Å². The van der Waals surface area contributed by atoms with Gasteiger partial charge in [-0.05, 0) is 37.6 Å². The molecule has 0 aliphatic rings. The molecule has 120 valence electrons. The Bertz CT molecular complexity index is 685. The monoisotopic (exact) mass is 378 g/mol. The van der Waals surface area contributed by atoms with Crippen molar-refractivity contribution in [1.29, 1.82) is 10.5 Å². The van der Waals surface area contributed by atoms with Crippen LogP contribution in [0.5, 0.6) is 11.5 Å². The average Bonchev–Trinajstić information content (AvgIpc) is 2.54. The molecule has 0 heterocycles. The molecule has 0 spiro atoms. The zero-order chi connectivity index (χ0) is 17.4. The van der Waals surface area contributed by atoms with Gasteiger partial charge in [0.2, 0.25) is 0 Å². The number of allylic oxidation sites excluding steroid dienone is 1. The minimum absolute atomic E-state index is 0.0405. The van der Waals surface area contributed by atoms with E-state index in [0.29, 0.717) is 21.5 Å². The van der Waals surface area contributed by atoms with Crippen LogP contribution < -0.4 is 9.47 Å². The fraction of sp³-hybridized carbons (Fsp3) is 0.312. The van der Waals surface area contributed by atoms with E-state index < -0.39 is 12.1 Å². The third kappa shape index (κ3) is 5.01. The fourth-order valence-electron chi connectivity index (χ4n) is 1.66. The van der Waals surface area contributed by atoms with Crippen molar-refractivity contribution in [3.63, 3.8) is 0 Å². The van der Waals surface area contributed by atoms with Crippen LogP contribution in [-0.2, 0) is 9.53 Å². The van der Waals surface area contributed by atoms with Gasteiger partial charge in [0.05, 0.1) is 13.7 Å². The van der Waals surface area contributed by atoms with Gasteiger partial charge in [-0.25, -0.2) is 4.79 Å². The molecule has 1 atom stereocenters. The van der Waals surface area contributed by atoms with Gasteiger partial charge in [-0.15, -0.1) is 0 Å². The zero-order valence-corrected chi connectivity index (χ0v) is 14.5. The molecule has 7 heteroatoms. The van der Waals surface area contributed by atoms with Crippen LogP contribution in [0, 0.1) is 22.7 Å². The highest BCUT2D eigenvalue weighted by Crippen LogP contribution is 2.35. The van der Waals surface area contributed by atoms with Crippen molar-refractivity contribution in [3.8, 4) is 23.6 Å². The maximum Gasteiger partial charge on any atom is 0.347 e. The van der Waals surface area contributed by atoms with Gasteiger partial charge in [0.15, 0.2) is 17.6 Å². The molecular weight excluding hydrogens is 364 g/mol. The molecule has 0 aromatic heterocycles. The van der Waals surface area contributed by atoms with Crippen molar-refractivity contribution in [2.24, 2.45) is 0 Å². The maximum absolute atomic E-state index is 11.6. The third-order valence-electron chi connectivity index (χ3n) is 2.75. The highest BCUT2D eigenvalue weighted by Gasteiger charge is 2.19. The number of carbonyl (C=O) groups is 1. The molecule has 0 bridgehead atoms. The van der Waals surface area contributed by atoms with Crippen LogP contribution in [0.15, 0.2) is 22.2 Å². The van der Waals surface area contributed by atoms with E-state index in [-0.39, 0.29) is 12.2 Å². The summed E-state index contributed by atoms with van der Waals surface area (Å²) in [4.78, 5) is 11.6. The van der Waals surface area contributed by atoms with Crippen LogP contribution in [0.25, 0.3) is 6.08 Å². The van der Waals surface area contributed by atoms with Crippen LogP contribution in [0.3, 0.4) is 0 Å². The lowest BCUT2D eigenvalue weighted by atomic mass is 10.1. The standard InChI is InChI=1S/C16H15BrN2O4/c1-4-22-16(20)10(2)23-15-7-13(17)12(6-14(15)21-3)5-11(8-18)9-19/h5-7,10H,4H2,1-3H3. The number of esters is 1. The summed E-state index contributed by atoms with van der Waals surface area (Å²) in [5, 5.41) is 17.7. The second-order valence-electron chi connectivity index (χ2n) is 4.32. The summed E-state index contributed by atoms with van der Waals surface area (Å²) in [6.07, 6.45) is 0.622. The van der Waals surface area contributed by atoms with Gasteiger partial charge in [0.1, 0.15) is 17.7 Å². The minimum atomic E-state index is -0.800. The highest BCUT2D eigenvalue weighted by atomic mass is 79.9. The van der Waals surface area contributed by atoms with Crippen LogP contribution in [-0.4, -0.2) is 25.8 Å². The van der Waals surface area contributed by atoms with Crippen LogP contribution in [0.2, 0.25) is 0 Å². The molecule has 1 rings (SSSR count). The van der Waals surface area contributed by atoms with Crippen molar-refractivity contribution in [3.05, 3.63) is 27.7 Å². The van der Waals surface area contributed by atoms with Crippen molar-refractivity contribution >= 4 is 28.0 Å². The molecule has 1 aromatic carbocycles. The Morgan fingerprint density at radius 1 is 1.35 bits per heavy atom. The van der Waals surface area contributed by atoms with Crippen molar-refractivity contribution < 1.29 is 19.0 Å². The first-order chi connectivity index (χ1) is 11.0. The number of nitrogens with zero attached hydrogens (tertiary/aromatic N) is 2.